The molecule has 1 aliphatic carbocycles. The molecule has 1 saturated carbocycles. The smallest absolute Gasteiger partial charge is 0.409 e. The molecule has 1 aromatic carbocycles. The molecular formula is C30H38F2N4O8. The van der Waals surface area contributed by atoms with E-state index in [0.717, 1.165) is 18.4 Å². The molecular weight excluding hydrogens is 582 g/mol. The van der Waals surface area contributed by atoms with E-state index in [1.165, 1.54) is 30.2 Å². The van der Waals surface area contributed by atoms with Gasteiger partial charge in [-0.3, -0.25) is 4.79 Å². The van der Waals surface area contributed by atoms with Crippen molar-refractivity contribution in [1.29, 1.82) is 0 Å². The lowest BCUT2D eigenvalue weighted by Gasteiger charge is -2.25. The number of alkyl carbamates (subject to hydrolysis) is 1. The van der Waals surface area contributed by atoms with Crippen LogP contribution in [-0.2, 0) is 9.47 Å². The summed E-state index contributed by atoms with van der Waals surface area (Å²) in [6.07, 6.45) is 3.23. The van der Waals surface area contributed by atoms with Crippen LogP contribution in [0.2, 0.25) is 0 Å². The van der Waals surface area contributed by atoms with Gasteiger partial charge in [0.15, 0.2) is 23.0 Å². The summed E-state index contributed by atoms with van der Waals surface area (Å²) < 4.78 is 52.6. The lowest BCUT2D eigenvalue weighted by molar-refractivity contribution is -0.0515. The van der Waals surface area contributed by atoms with Crippen LogP contribution in [0.5, 0.6) is 11.5 Å². The molecule has 2 heterocycles. The summed E-state index contributed by atoms with van der Waals surface area (Å²) in [5, 5.41) is 5.48. The van der Waals surface area contributed by atoms with E-state index in [-0.39, 0.29) is 35.4 Å². The normalized spacial score (nSPS) is 15.7. The molecule has 0 unspecified atom stereocenters. The minimum Gasteiger partial charge on any atom is -0.489 e. The molecule has 2 N–H and O–H groups in total. The van der Waals surface area contributed by atoms with E-state index in [1.54, 1.807) is 27.7 Å². The topological polar surface area (TPSA) is 141 Å². The molecule has 4 rings (SSSR count). The van der Waals surface area contributed by atoms with Gasteiger partial charge in [0.25, 0.3) is 5.91 Å². The highest BCUT2D eigenvalue weighted by atomic mass is 19.3. The zero-order valence-corrected chi connectivity index (χ0v) is 25.4. The summed E-state index contributed by atoms with van der Waals surface area (Å²) >= 11 is 0. The molecule has 14 heteroatoms. The minimum absolute atomic E-state index is 0.00783. The Morgan fingerprint density at radius 1 is 1.18 bits per heavy atom. The Morgan fingerprint density at radius 2 is 1.93 bits per heavy atom. The maximum atomic E-state index is 13.4. The monoisotopic (exact) mass is 620 g/mol. The zero-order chi connectivity index (χ0) is 32.0. The van der Waals surface area contributed by atoms with E-state index in [9.17, 15) is 23.2 Å². The van der Waals surface area contributed by atoms with E-state index in [0.29, 0.717) is 37.6 Å². The summed E-state index contributed by atoms with van der Waals surface area (Å²) in [4.78, 5) is 43.6. The van der Waals surface area contributed by atoms with Crippen molar-refractivity contribution >= 4 is 18.1 Å². The van der Waals surface area contributed by atoms with E-state index in [4.69, 9.17) is 18.6 Å². The SMILES string of the molecule is COC(=O)N1CC=C(CNC(=O)c2nc(-c3ccc(OC(F)F)c(OCC4CC4)c3)oc2[C@H](C)NC(=O)OC(C)(C)C)CC1. The van der Waals surface area contributed by atoms with Crippen LogP contribution in [-0.4, -0.2) is 73.5 Å². The fourth-order valence-corrected chi connectivity index (χ4v) is 4.35. The number of benzene rings is 1. The van der Waals surface area contributed by atoms with E-state index < -0.39 is 36.3 Å². The van der Waals surface area contributed by atoms with Crippen LogP contribution in [0.4, 0.5) is 18.4 Å². The quantitative estimate of drug-likeness (QED) is 0.314. The second-order valence-electron chi connectivity index (χ2n) is 11.6. The van der Waals surface area contributed by atoms with Crippen molar-refractivity contribution in [2.24, 2.45) is 5.92 Å². The van der Waals surface area contributed by atoms with Crippen molar-refractivity contribution in [3.05, 3.63) is 41.3 Å². The standard InChI is InChI=1S/C30H38F2N4O8/c1-17(34-28(38)44-30(2,3)4)24-23(25(37)33-15-18-10-12-36(13-11-18)29(39)40-5)35-26(43-24)20-8-9-21(42-27(31)32)22(14-20)41-16-19-6-7-19/h8-10,14,17,19,27H,6-7,11-13,15-16H2,1-5H3,(H,33,37)(H,34,38)/t17-/m0/s1. The maximum absolute atomic E-state index is 13.4. The fraction of sp³-hybridized carbons (Fsp3) is 0.533. The number of rotatable bonds is 11. The molecule has 12 nitrogen and oxygen atoms in total. The first-order chi connectivity index (χ1) is 20.8. The van der Waals surface area contributed by atoms with Crippen LogP contribution in [0, 0.1) is 5.92 Å². The number of aromatic nitrogens is 1. The average molecular weight is 621 g/mol. The number of alkyl halides is 2. The summed E-state index contributed by atoms with van der Waals surface area (Å²) in [5.41, 5.74) is 0.424. The van der Waals surface area contributed by atoms with Gasteiger partial charge < -0.3 is 38.9 Å². The van der Waals surface area contributed by atoms with E-state index in [2.05, 4.69) is 20.4 Å². The van der Waals surface area contributed by atoms with Gasteiger partial charge in [0.1, 0.15) is 5.60 Å². The van der Waals surface area contributed by atoms with Crippen LogP contribution < -0.4 is 20.1 Å². The van der Waals surface area contributed by atoms with Crippen LogP contribution in [0.25, 0.3) is 11.5 Å². The number of hydrogen-bond donors (Lipinski definition) is 2. The molecule has 1 aliphatic heterocycles. The molecule has 3 amide bonds. The van der Waals surface area contributed by atoms with Crippen molar-refractivity contribution < 1.29 is 46.5 Å². The number of amides is 3. The average Bonchev–Trinajstić information content (AvgIpc) is 3.68. The van der Waals surface area contributed by atoms with Crippen molar-refractivity contribution in [2.75, 3.05) is 33.4 Å². The summed E-state index contributed by atoms with van der Waals surface area (Å²) in [7, 11) is 1.32. The van der Waals surface area contributed by atoms with Crippen molar-refractivity contribution in [2.45, 2.75) is 65.2 Å². The third-order valence-corrected chi connectivity index (χ3v) is 6.79. The Balaban J connectivity index is 1.58. The number of methoxy groups -OCH3 is 1. The van der Waals surface area contributed by atoms with Gasteiger partial charge in [0.05, 0.1) is 19.8 Å². The number of carbonyl (C=O) groups is 3. The van der Waals surface area contributed by atoms with Gasteiger partial charge >= 0.3 is 18.8 Å². The molecule has 0 bridgehead atoms. The molecule has 1 fully saturated rings. The van der Waals surface area contributed by atoms with Crippen LogP contribution in [0.15, 0.2) is 34.3 Å². The highest BCUT2D eigenvalue weighted by molar-refractivity contribution is 5.94. The number of oxazole rings is 1. The zero-order valence-electron chi connectivity index (χ0n) is 25.4. The number of carbonyl (C=O) groups excluding carboxylic acids is 3. The second kappa shape index (κ2) is 14.0. The lowest BCUT2D eigenvalue weighted by Crippen LogP contribution is -2.37. The third-order valence-electron chi connectivity index (χ3n) is 6.79. The molecule has 0 saturated heterocycles. The summed E-state index contributed by atoms with van der Waals surface area (Å²) in [6.45, 7) is 5.06. The van der Waals surface area contributed by atoms with Crippen molar-refractivity contribution in [3.63, 3.8) is 0 Å². The molecule has 1 atom stereocenters. The van der Waals surface area contributed by atoms with Crippen LogP contribution in [0.3, 0.4) is 0 Å². The van der Waals surface area contributed by atoms with Gasteiger partial charge in [-0.1, -0.05) is 11.6 Å². The van der Waals surface area contributed by atoms with Gasteiger partial charge in [0, 0.05) is 25.2 Å². The highest BCUT2D eigenvalue weighted by Crippen LogP contribution is 2.37. The first-order valence-electron chi connectivity index (χ1n) is 14.3. The minimum atomic E-state index is -3.05. The Bertz CT molecular complexity index is 1380. The number of hydrogen-bond acceptors (Lipinski definition) is 9. The maximum Gasteiger partial charge on any atom is 0.409 e. The first-order valence-corrected chi connectivity index (χ1v) is 14.3. The van der Waals surface area contributed by atoms with Gasteiger partial charge in [-0.2, -0.15) is 8.78 Å². The predicted molar refractivity (Wildman–Crippen MR) is 154 cm³/mol. The van der Waals surface area contributed by atoms with Gasteiger partial charge in [0.2, 0.25) is 5.89 Å². The number of ether oxygens (including phenoxy) is 4. The third kappa shape index (κ3) is 9.07. The summed E-state index contributed by atoms with van der Waals surface area (Å²) in [6, 6.07) is 3.41. The second-order valence-corrected chi connectivity index (χ2v) is 11.6. The largest absolute Gasteiger partial charge is 0.489 e. The van der Waals surface area contributed by atoms with E-state index in [1.807, 2.05) is 6.08 Å². The summed E-state index contributed by atoms with van der Waals surface area (Å²) in [5.74, 6) is -0.192. The van der Waals surface area contributed by atoms with Gasteiger partial charge in [-0.15, -0.1) is 0 Å². The van der Waals surface area contributed by atoms with Crippen LogP contribution in [0.1, 0.15) is 69.2 Å². The predicted octanol–water partition coefficient (Wildman–Crippen LogP) is 5.45. The Labute approximate surface area is 254 Å². The van der Waals surface area contributed by atoms with Crippen molar-refractivity contribution in [3.8, 4) is 23.0 Å². The molecule has 240 valence electrons. The van der Waals surface area contributed by atoms with Gasteiger partial charge in [-0.25, -0.2) is 14.6 Å². The number of nitrogens with zero attached hydrogens (tertiary/aromatic N) is 2. The molecule has 2 aliphatic rings. The van der Waals surface area contributed by atoms with Crippen molar-refractivity contribution in [1.82, 2.24) is 20.5 Å². The molecule has 0 spiro atoms. The highest BCUT2D eigenvalue weighted by Gasteiger charge is 2.29. The molecule has 44 heavy (non-hydrogen) atoms. The van der Waals surface area contributed by atoms with Crippen LogP contribution >= 0.6 is 0 Å². The molecule has 1 aromatic heterocycles. The van der Waals surface area contributed by atoms with E-state index >= 15 is 0 Å². The first kappa shape index (κ1) is 32.6. The lowest BCUT2D eigenvalue weighted by atomic mass is 10.1. The van der Waals surface area contributed by atoms with Gasteiger partial charge in [-0.05, 0) is 71.1 Å². The fourth-order valence-electron chi connectivity index (χ4n) is 4.35. The number of halogens is 2. The number of nitrogens with one attached hydrogen (secondary N) is 2. The Kier molecular flexibility index (Phi) is 10.3. The Hall–Kier alpha value is -4.36. The molecule has 0 radical (unpaired) electrons. The Morgan fingerprint density at radius 3 is 2.55 bits per heavy atom. The molecule has 2 aromatic rings.